The van der Waals surface area contributed by atoms with Crippen LogP contribution in [0.1, 0.15) is 27.8 Å². The van der Waals surface area contributed by atoms with Crippen LogP contribution >= 0.6 is 0 Å². The van der Waals surface area contributed by atoms with E-state index in [-0.39, 0.29) is 0 Å². The second-order valence-corrected chi connectivity index (χ2v) is 4.68. The second kappa shape index (κ2) is 4.62. The Bertz CT molecular complexity index is 521. The highest BCUT2D eigenvalue weighted by molar-refractivity contribution is 5.43. The molecule has 0 aliphatic carbocycles. The molecule has 0 aliphatic rings. The lowest BCUT2D eigenvalue weighted by Gasteiger charge is -2.11. The largest absolute Gasteiger partial charge is 0.508 e. The summed E-state index contributed by atoms with van der Waals surface area (Å²) in [5.41, 5.74) is 6.07. The van der Waals surface area contributed by atoms with Gasteiger partial charge in [0, 0.05) is 6.42 Å². The lowest BCUT2D eigenvalue weighted by molar-refractivity contribution is 0.469. The number of rotatable bonds is 2. The van der Waals surface area contributed by atoms with Crippen molar-refractivity contribution in [1.29, 1.82) is 0 Å². The van der Waals surface area contributed by atoms with E-state index in [1.807, 2.05) is 13.0 Å². The predicted molar refractivity (Wildman–Crippen MR) is 71.6 cm³/mol. The molecule has 1 heteroatoms. The molecule has 2 aromatic rings. The first-order chi connectivity index (χ1) is 8.08. The molecule has 1 N–H and O–H groups in total. The number of hydrogen-bond donors (Lipinski definition) is 1. The van der Waals surface area contributed by atoms with Crippen LogP contribution in [-0.4, -0.2) is 5.11 Å². The standard InChI is InChI=1S/C16H18O/c1-11-7-8-16(17)14(9-11)10-15-12(2)5-4-6-13(15)3/h4-9,17H,10H2,1-3H3. The van der Waals surface area contributed by atoms with E-state index in [1.54, 1.807) is 6.07 Å². The Morgan fingerprint density at radius 3 is 2.24 bits per heavy atom. The van der Waals surface area contributed by atoms with Gasteiger partial charge in [0.2, 0.25) is 0 Å². The zero-order chi connectivity index (χ0) is 12.4. The van der Waals surface area contributed by atoms with Crippen LogP contribution in [0.5, 0.6) is 5.75 Å². The molecule has 0 aliphatic heterocycles. The average molecular weight is 226 g/mol. The summed E-state index contributed by atoms with van der Waals surface area (Å²) in [6.07, 6.45) is 0.798. The number of benzene rings is 2. The molecule has 0 saturated carbocycles. The van der Waals surface area contributed by atoms with Crippen molar-refractivity contribution >= 4 is 0 Å². The van der Waals surface area contributed by atoms with Gasteiger partial charge >= 0.3 is 0 Å². The number of aromatic hydroxyl groups is 1. The first-order valence-corrected chi connectivity index (χ1v) is 5.91. The van der Waals surface area contributed by atoms with Crippen molar-refractivity contribution in [2.45, 2.75) is 27.2 Å². The van der Waals surface area contributed by atoms with Crippen molar-refractivity contribution in [3.05, 3.63) is 64.2 Å². The molecule has 0 amide bonds. The number of phenols is 1. The van der Waals surface area contributed by atoms with Crippen LogP contribution in [0.3, 0.4) is 0 Å². The first-order valence-electron chi connectivity index (χ1n) is 5.91. The molecule has 0 spiro atoms. The molecular formula is C16H18O. The van der Waals surface area contributed by atoms with Gasteiger partial charge in [0.1, 0.15) is 5.75 Å². The maximum absolute atomic E-state index is 9.88. The fourth-order valence-electron chi connectivity index (χ4n) is 2.17. The van der Waals surface area contributed by atoms with E-state index in [4.69, 9.17) is 0 Å². The third-order valence-corrected chi connectivity index (χ3v) is 3.25. The van der Waals surface area contributed by atoms with Crippen molar-refractivity contribution in [1.82, 2.24) is 0 Å². The van der Waals surface area contributed by atoms with Crippen LogP contribution in [0.4, 0.5) is 0 Å². The molecule has 0 atom stereocenters. The SMILES string of the molecule is Cc1ccc(O)c(Cc2c(C)cccc2C)c1. The fourth-order valence-corrected chi connectivity index (χ4v) is 2.17. The van der Waals surface area contributed by atoms with Crippen LogP contribution in [0.25, 0.3) is 0 Å². The predicted octanol–water partition coefficient (Wildman–Crippen LogP) is 3.91. The van der Waals surface area contributed by atoms with Gasteiger partial charge in [-0.25, -0.2) is 0 Å². The summed E-state index contributed by atoms with van der Waals surface area (Å²) in [5, 5.41) is 9.88. The Hall–Kier alpha value is -1.76. The molecule has 0 unspecified atom stereocenters. The molecule has 2 rings (SSSR count). The van der Waals surface area contributed by atoms with Gasteiger partial charge in [-0.1, -0.05) is 35.9 Å². The van der Waals surface area contributed by atoms with Gasteiger partial charge in [0.15, 0.2) is 0 Å². The number of aryl methyl sites for hydroxylation is 3. The molecule has 17 heavy (non-hydrogen) atoms. The Kier molecular flexibility index (Phi) is 3.19. The van der Waals surface area contributed by atoms with Crippen molar-refractivity contribution in [3.63, 3.8) is 0 Å². The van der Waals surface area contributed by atoms with Crippen molar-refractivity contribution in [3.8, 4) is 5.75 Å². The molecule has 0 saturated heterocycles. The highest BCUT2D eigenvalue weighted by Crippen LogP contribution is 2.24. The Balaban J connectivity index is 2.41. The minimum absolute atomic E-state index is 0.387. The van der Waals surface area contributed by atoms with E-state index in [1.165, 1.54) is 22.3 Å². The lowest BCUT2D eigenvalue weighted by Crippen LogP contribution is -1.96. The molecule has 0 aromatic heterocycles. The molecule has 88 valence electrons. The zero-order valence-corrected chi connectivity index (χ0v) is 10.6. The van der Waals surface area contributed by atoms with Crippen LogP contribution < -0.4 is 0 Å². The van der Waals surface area contributed by atoms with Gasteiger partial charge in [0.05, 0.1) is 0 Å². The quantitative estimate of drug-likeness (QED) is 0.823. The third kappa shape index (κ3) is 2.50. The first kappa shape index (κ1) is 11.7. The summed E-state index contributed by atoms with van der Waals surface area (Å²) in [6.45, 7) is 6.29. The lowest BCUT2D eigenvalue weighted by atomic mass is 9.95. The zero-order valence-electron chi connectivity index (χ0n) is 10.6. The van der Waals surface area contributed by atoms with E-state index >= 15 is 0 Å². The van der Waals surface area contributed by atoms with Crippen LogP contribution in [0.2, 0.25) is 0 Å². The van der Waals surface area contributed by atoms with Crippen molar-refractivity contribution in [2.75, 3.05) is 0 Å². The topological polar surface area (TPSA) is 20.2 Å². The van der Waals surface area contributed by atoms with Gasteiger partial charge in [-0.05, 0) is 49.1 Å². The summed E-state index contributed by atoms with van der Waals surface area (Å²) in [5.74, 6) is 0.387. The summed E-state index contributed by atoms with van der Waals surface area (Å²) in [6, 6.07) is 12.1. The van der Waals surface area contributed by atoms with E-state index in [0.29, 0.717) is 5.75 Å². The Labute approximate surface area is 103 Å². The van der Waals surface area contributed by atoms with E-state index in [0.717, 1.165) is 12.0 Å². The van der Waals surface area contributed by atoms with Crippen LogP contribution in [0, 0.1) is 20.8 Å². The maximum atomic E-state index is 9.88. The highest BCUT2D eigenvalue weighted by Gasteiger charge is 2.07. The van der Waals surface area contributed by atoms with E-state index in [2.05, 4.69) is 38.1 Å². The van der Waals surface area contributed by atoms with E-state index in [9.17, 15) is 5.11 Å². The van der Waals surface area contributed by atoms with Gasteiger partial charge < -0.3 is 5.11 Å². The number of phenolic OH excluding ortho intramolecular Hbond substituents is 1. The van der Waals surface area contributed by atoms with Gasteiger partial charge in [0.25, 0.3) is 0 Å². The Morgan fingerprint density at radius 1 is 0.941 bits per heavy atom. The second-order valence-electron chi connectivity index (χ2n) is 4.68. The van der Waals surface area contributed by atoms with Crippen molar-refractivity contribution < 1.29 is 5.11 Å². The average Bonchev–Trinajstić information content (AvgIpc) is 2.28. The van der Waals surface area contributed by atoms with Gasteiger partial charge in [-0.2, -0.15) is 0 Å². The van der Waals surface area contributed by atoms with Gasteiger partial charge in [-0.15, -0.1) is 0 Å². The minimum atomic E-state index is 0.387. The Morgan fingerprint density at radius 2 is 1.59 bits per heavy atom. The van der Waals surface area contributed by atoms with Crippen molar-refractivity contribution in [2.24, 2.45) is 0 Å². The maximum Gasteiger partial charge on any atom is 0.119 e. The normalized spacial score (nSPS) is 10.5. The smallest absolute Gasteiger partial charge is 0.119 e. The molecular weight excluding hydrogens is 208 g/mol. The molecule has 2 aromatic carbocycles. The third-order valence-electron chi connectivity index (χ3n) is 3.25. The monoisotopic (exact) mass is 226 g/mol. The summed E-state index contributed by atoms with van der Waals surface area (Å²) >= 11 is 0. The van der Waals surface area contributed by atoms with Gasteiger partial charge in [-0.3, -0.25) is 0 Å². The molecule has 1 nitrogen and oxygen atoms in total. The summed E-state index contributed by atoms with van der Waals surface area (Å²) in [4.78, 5) is 0. The summed E-state index contributed by atoms with van der Waals surface area (Å²) < 4.78 is 0. The molecule has 0 heterocycles. The molecule has 0 bridgehead atoms. The fraction of sp³-hybridized carbons (Fsp3) is 0.250. The molecule has 0 radical (unpaired) electrons. The van der Waals surface area contributed by atoms with Crippen LogP contribution in [0.15, 0.2) is 36.4 Å². The summed E-state index contributed by atoms with van der Waals surface area (Å²) in [7, 11) is 0. The highest BCUT2D eigenvalue weighted by atomic mass is 16.3. The minimum Gasteiger partial charge on any atom is -0.508 e. The number of hydrogen-bond acceptors (Lipinski definition) is 1. The molecule has 0 fully saturated rings. The van der Waals surface area contributed by atoms with Crippen LogP contribution in [-0.2, 0) is 6.42 Å². The van der Waals surface area contributed by atoms with E-state index < -0.39 is 0 Å².